The van der Waals surface area contributed by atoms with Crippen molar-refractivity contribution in [1.82, 2.24) is 5.32 Å². The summed E-state index contributed by atoms with van der Waals surface area (Å²) in [5.74, 6) is 0.423. The number of aryl methyl sites for hydroxylation is 1. The van der Waals surface area contributed by atoms with Crippen LogP contribution in [-0.2, 0) is 0 Å². The predicted octanol–water partition coefficient (Wildman–Crippen LogP) is 5.35. The molecule has 0 bridgehead atoms. The molecule has 0 aromatic heterocycles. The fourth-order valence-electron chi connectivity index (χ4n) is 2.82. The zero-order valence-electron chi connectivity index (χ0n) is 17.7. The summed E-state index contributed by atoms with van der Waals surface area (Å²) in [7, 11) is 0. The van der Waals surface area contributed by atoms with E-state index in [0.29, 0.717) is 30.0 Å². The van der Waals surface area contributed by atoms with E-state index < -0.39 is 0 Å². The van der Waals surface area contributed by atoms with E-state index in [9.17, 15) is 9.59 Å². The molecular formula is C24H32N2O3. The molecule has 2 aromatic rings. The molecule has 0 saturated carbocycles. The van der Waals surface area contributed by atoms with Gasteiger partial charge in [-0.25, -0.2) is 0 Å². The van der Waals surface area contributed by atoms with Crippen LogP contribution in [0.3, 0.4) is 0 Å². The zero-order valence-corrected chi connectivity index (χ0v) is 17.7. The third-order valence-electron chi connectivity index (χ3n) is 4.70. The van der Waals surface area contributed by atoms with Crippen molar-refractivity contribution in [2.75, 3.05) is 18.5 Å². The summed E-state index contributed by atoms with van der Waals surface area (Å²) < 4.78 is 5.69. The molecule has 29 heavy (non-hydrogen) atoms. The van der Waals surface area contributed by atoms with E-state index >= 15 is 0 Å². The zero-order chi connectivity index (χ0) is 21.1. The monoisotopic (exact) mass is 396 g/mol. The minimum absolute atomic E-state index is 0.126. The summed E-state index contributed by atoms with van der Waals surface area (Å²) >= 11 is 0. The first-order valence-electron chi connectivity index (χ1n) is 10.5. The Morgan fingerprint density at radius 1 is 0.862 bits per heavy atom. The summed E-state index contributed by atoms with van der Waals surface area (Å²) in [5, 5.41) is 5.81. The predicted molar refractivity (Wildman–Crippen MR) is 118 cm³/mol. The summed E-state index contributed by atoms with van der Waals surface area (Å²) in [6, 6.07) is 12.5. The maximum absolute atomic E-state index is 12.6. The highest BCUT2D eigenvalue weighted by Crippen LogP contribution is 2.19. The van der Waals surface area contributed by atoms with Gasteiger partial charge in [0.05, 0.1) is 6.61 Å². The van der Waals surface area contributed by atoms with Crippen LogP contribution in [0.1, 0.15) is 72.2 Å². The van der Waals surface area contributed by atoms with E-state index in [2.05, 4.69) is 24.5 Å². The molecule has 0 saturated heterocycles. The Kier molecular flexibility index (Phi) is 9.22. The highest BCUT2D eigenvalue weighted by Gasteiger charge is 2.11. The summed E-state index contributed by atoms with van der Waals surface area (Å²) in [4.78, 5) is 24.9. The second-order valence-corrected chi connectivity index (χ2v) is 7.17. The lowest BCUT2D eigenvalue weighted by Crippen LogP contribution is -2.24. The smallest absolute Gasteiger partial charge is 0.255 e. The topological polar surface area (TPSA) is 67.4 Å². The average molecular weight is 397 g/mol. The van der Waals surface area contributed by atoms with Crippen LogP contribution in [0.25, 0.3) is 0 Å². The second kappa shape index (κ2) is 11.9. The van der Waals surface area contributed by atoms with Crippen LogP contribution in [0.5, 0.6) is 5.75 Å². The second-order valence-electron chi connectivity index (χ2n) is 7.17. The van der Waals surface area contributed by atoms with Crippen molar-refractivity contribution in [3.8, 4) is 5.75 Å². The van der Waals surface area contributed by atoms with Gasteiger partial charge >= 0.3 is 0 Å². The molecular weight excluding hydrogens is 364 g/mol. The number of hydrogen-bond acceptors (Lipinski definition) is 3. The van der Waals surface area contributed by atoms with Gasteiger partial charge < -0.3 is 15.4 Å². The van der Waals surface area contributed by atoms with Crippen molar-refractivity contribution in [1.29, 1.82) is 0 Å². The van der Waals surface area contributed by atoms with E-state index in [4.69, 9.17) is 4.74 Å². The fourth-order valence-corrected chi connectivity index (χ4v) is 2.82. The van der Waals surface area contributed by atoms with Crippen LogP contribution in [-0.4, -0.2) is 25.0 Å². The van der Waals surface area contributed by atoms with Gasteiger partial charge in [-0.2, -0.15) is 0 Å². The van der Waals surface area contributed by atoms with Gasteiger partial charge in [0.15, 0.2) is 0 Å². The Hall–Kier alpha value is -2.82. The van der Waals surface area contributed by atoms with Crippen LogP contribution in [0.15, 0.2) is 42.5 Å². The molecule has 2 N–H and O–H groups in total. The largest absolute Gasteiger partial charge is 0.494 e. The number of benzene rings is 2. The number of ether oxygens (including phenoxy) is 1. The van der Waals surface area contributed by atoms with Crippen LogP contribution in [0.2, 0.25) is 0 Å². The molecule has 0 heterocycles. The molecule has 5 heteroatoms. The molecule has 0 aliphatic carbocycles. The molecule has 0 unspecified atom stereocenters. The lowest BCUT2D eigenvalue weighted by molar-refractivity contribution is 0.0951. The van der Waals surface area contributed by atoms with Crippen molar-refractivity contribution < 1.29 is 14.3 Å². The fraction of sp³-hybridized carbons (Fsp3) is 0.417. The Bertz CT molecular complexity index is 800. The minimum atomic E-state index is -0.214. The number of carbonyl (C=O) groups excluding carboxylic acids is 2. The highest BCUT2D eigenvalue weighted by molar-refractivity contribution is 6.05. The minimum Gasteiger partial charge on any atom is -0.494 e. The molecule has 5 nitrogen and oxygen atoms in total. The molecule has 0 aliphatic rings. The van der Waals surface area contributed by atoms with Crippen LogP contribution < -0.4 is 15.4 Å². The lowest BCUT2D eigenvalue weighted by Gasteiger charge is -2.12. The third kappa shape index (κ3) is 7.26. The quantitative estimate of drug-likeness (QED) is 0.503. The average Bonchev–Trinajstić information content (AvgIpc) is 2.73. The van der Waals surface area contributed by atoms with Gasteiger partial charge in [-0.3, -0.25) is 9.59 Å². The first-order chi connectivity index (χ1) is 14.0. The van der Waals surface area contributed by atoms with Crippen molar-refractivity contribution in [3.63, 3.8) is 0 Å². The van der Waals surface area contributed by atoms with E-state index in [1.165, 1.54) is 0 Å². The van der Waals surface area contributed by atoms with Gasteiger partial charge in [0.25, 0.3) is 11.8 Å². The molecule has 156 valence electrons. The normalized spacial score (nSPS) is 10.4. The standard InChI is InChI=1S/C24H32N2O3/c1-4-6-8-16-29-21-13-11-19(12-14-21)24(28)26-22-17-20(10-9-18(22)3)23(27)25-15-7-5-2/h9-14,17H,4-8,15-16H2,1-3H3,(H,25,27)(H,26,28). The Morgan fingerprint density at radius 3 is 2.24 bits per heavy atom. The molecule has 2 aromatic carbocycles. The number of anilines is 1. The van der Waals surface area contributed by atoms with Crippen LogP contribution >= 0.6 is 0 Å². The Morgan fingerprint density at radius 2 is 1.55 bits per heavy atom. The van der Waals surface area contributed by atoms with Gasteiger partial charge in [-0.15, -0.1) is 0 Å². The van der Waals surface area contributed by atoms with Crippen molar-refractivity contribution >= 4 is 17.5 Å². The lowest BCUT2D eigenvalue weighted by atomic mass is 10.1. The molecule has 0 fully saturated rings. The Balaban J connectivity index is 1.98. The number of hydrogen-bond donors (Lipinski definition) is 2. The third-order valence-corrected chi connectivity index (χ3v) is 4.70. The van der Waals surface area contributed by atoms with E-state index in [1.807, 2.05) is 25.1 Å². The van der Waals surface area contributed by atoms with E-state index in [0.717, 1.165) is 43.4 Å². The van der Waals surface area contributed by atoms with Crippen molar-refractivity contribution in [3.05, 3.63) is 59.2 Å². The number of rotatable bonds is 11. The Labute approximate surface area is 173 Å². The van der Waals surface area contributed by atoms with E-state index in [1.54, 1.807) is 24.3 Å². The van der Waals surface area contributed by atoms with Gasteiger partial charge in [-0.05, 0) is 61.7 Å². The molecule has 0 spiro atoms. The number of nitrogens with one attached hydrogen (secondary N) is 2. The van der Waals surface area contributed by atoms with Gasteiger partial charge in [0.1, 0.15) is 5.75 Å². The number of amides is 2. The van der Waals surface area contributed by atoms with Gasteiger partial charge in [0, 0.05) is 23.4 Å². The maximum atomic E-state index is 12.6. The first-order valence-corrected chi connectivity index (χ1v) is 10.5. The van der Waals surface area contributed by atoms with Crippen LogP contribution in [0.4, 0.5) is 5.69 Å². The van der Waals surface area contributed by atoms with Crippen molar-refractivity contribution in [2.45, 2.75) is 52.9 Å². The van der Waals surface area contributed by atoms with Crippen molar-refractivity contribution in [2.24, 2.45) is 0 Å². The van der Waals surface area contributed by atoms with Crippen LogP contribution in [0, 0.1) is 6.92 Å². The first kappa shape index (κ1) is 22.5. The molecule has 2 amide bonds. The number of carbonyl (C=O) groups is 2. The van der Waals surface area contributed by atoms with E-state index in [-0.39, 0.29) is 11.8 Å². The molecule has 0 atom stereocenters. The molecule has 2 rings (SSSR count). The summed E-state index contributed by atoms with van der Waals surface area (Å²) in [6.07, 6.45) is 5.30. The van der Waals surface area contributed by atoms with Gasteiger partial charge in [0.2, 0.25) is 0 Å². The number of unbranched alkanes of at least 4 members (excludes halogenated alkanes) is 3. The summed E-state index contributed by atoms with van der Waals surface area (Å²) in [6.45, 7) is 7.48. The molecule has 0 radical (unpaired) electrons. The van der Waals surface area contributed by atoms with Gasteiger partial charge in [-0.1, -0.05) is 39.2 Å². The highest BCUT2D eigenvalue weighted by atomic mass is 16.5. The summed E-state index contributed by atoms with van der Waals surface area (Å²) in [5.41, 5.74) is 2.62. The maximum Gasteiger partial charge on any atom is 0.255 e. The SMILES string of the molecule is CCCCCOc1ccc(C(=O)Nc2cc(C(=O)NCCCC)ccc2C)cc1. The molecule has 0 aliphatic heterocycles.